The molecule has 2 N–H and O–H groups in total. The largest absolute Gasteiger partial charge is 0.493 e. The topological polar surface area (TPSA) is 50.7 Å². The van der Waals surface area contributed by atoms with Gasteiger partial charge in [-0.25, -0.2) is 0 Å². The van der Waals surface area contributed by atoms with Crippen molar-refractivity contribution >= 4 is 21.6 Å². The Kier molecular flexibility index (Phi) is 5.90. The molecule has 0 heterocycles. The highest BCUT2D eigenvalue weighted by molar-refractivity contribution is 9.10. The molecule has 0 aliphatic heterocycles. The lowest BCUT2D eigenvalue weighted by atomic mass is 10.2. The minimum absolute atomic E-state index is 0.0300. The molecule has 4 nitrogen and oxygen atoms in total. The van der Waals surface area contributed by atoms with Gasteiger partial charge in [-0.15, -0.1) is 0 Å². The maximum absolute atomic E-state index is 8.86. The van der Waals surface area contributed by atoms with Crippen LogP contribution in [0.1, 0.15) is 5.56 Å². The second-order valence-corrected chi connectivity index (χ2v) is 5.24. The number of aliphatic hydroxyl groups is 1. The van der Waals surface area contributed by atoms with E-state index in [1.807, 2.05) is 36.4 Å². The summed E-state index contributed by atoms with van der Waals surface area (Å²) in [6.07, 6.45) is 0. The van der Waals surface area contributed by atoms with Crippen LogP contribution in [0.3, 0.4) is 0 Å². The van der Waals surface area contributed by atoms with E-state index in [-0.39, 0.29) is 13.2 Å². The number of nitrogens with one attached hydrogen (secondary N) is 1. The number of aliphatic hydroxyl groups excluding tert-OH is 1. The lowest BCUT2D eigenvalue weighted by Crippen LogP contribution is -2.04. The molecule has 2 rings (SSSR count). The first-order valence-electron chi connectivity index (χ1n) is 6.63. The van der Waals surface area contributed by atoms with Crippen LogP contribution in [0.2, 0.25) is 0 Å². The van der Waals surface area contributed by atoms with Gasteiger partial charge in [-0.2, -0.15) is 0 Å². The van der Waals surface area contributed by atoms with Crippen molar-refractivity contribution in [1.29, 1.82) is 0 Å². The predicted octanol–water partition coefficient (Wildman–Crippen LogP) is 3.44. The van der Waals surface area contributed by atoms with E-state index in [9.17, 15) is 0 Å². The van der Waals surface area contributed by atoms with Crippen molar-refractivity contribution in [1.82, 2.24) is 0 Å². The summed E-state index contributed by atoms with van der Waals surface area (Å²) in [5.41, 5.74) is 2.10. The summed E-state index contributed by atoms with van der Waals surface area (Å²) >= 11 is 3.53. The third-order valence-corrected chi connectivity index (χ3v) is 3.73. The van der Waals surface area contributed by atoms with Gasteiger partial charge in [0.15, 0.2) is 11.5 Å². The van der Waals surface area contributed by atoms with Gasteiger partial charge in [0, 0.05) is 22.8 Å². The summed E-state index contributed by atoms with van der Waals surface area (Å²) in [7, 11) is 1.59. The molecule has 2 aromatic rings. The molecular weight excluding hydrogens is 334 g/mol. The van der Waals surface area contributed by atoms with Crippen LogP contribution in [-0.4, -0.2) is 25.4 Å². The van der Waals surface area contributed by atoms with Gasteiger partial charge in [-0.05, 0) is 23.8 Å². The maximum Gasteiger partial charge on any atom is 0.163 e. The van der Waals surface area contributed by atoms with E-state index in [1.54, 1.807) is 7.11 Å². The van der Waals surface area contributed by atoms with Crippen LogP contribution < -0.4 is 14.8 Å². The number of hydrogen-bond donors (Lipinski definition) is 2. The quantitative estimate of drug-likeness (QED) is 0.802. The van der Waals surface area contributed by atoms with Crippen molar-refractivity contribution in [3.63, 3.8) is 0 Å². The van der Waals surface area contributed by atoms with Gasteiger partial charge in [0.2, 0.25) is 0 Å². The van der Waals surface area contributed by atoms with Crippen LogP contribution in [0.5, 0.6) is 11.5 Å². The summed E-state index contributed by atoms with van der Waals surface area (Å²) in [6, 6.07) is 13.7. The third kappa shape index (κ3) is 4.37. The van der Waals surface area contributed by atoms with E-state index in [2.05, 4.69) is 27.3 Å². The molecule has 0 unspecified atom stereocenters. The SMILES string of the molecule is COc1ccc(NCc2ccccc2Br)cc1OCCO. The van der Waals surface area contributed by atoms with E-state index >= 15 is 0 Å². The number of hydrogen-bond acceptors (Lipinski definition) is 4. The molecule has 0 saturated heterocycles. The van der Waals surface area contributed by atoms with Crippen molar-refractivity contribution in [2.75, 3.05) is 25.6 Å². The maximum atomic E-state index is 8.86. The zero-order chi connectivity index (χ0) is 15.1. The third-order valence-electron chi connectivity index (χ3n) is 2.95. The zero-order valence-corrected chi connectivity index (χ0v) is 13.4. The fourth-order valence-corrected chi connectivity index (χ4v) is 2.32. The van der Waals surface area contributed by atoms with E-state index in [0.29, 0.717) is 18.0 Å². The van der Waals surface area contributed by atoms with E-state index in [1.165, 1.54) is 5.56 Å². The van der Waals surface area contributed by atoms with Gasteiger partial charge in [0.1, 0.15) is 6.61 Å². The van der Waals surface area contributed by atoms with Crippen molar-refractivity contribution in [3.05, 3.63) is 52.5 Å². The zero-order valence-electron chi connectivity index (χ0n) is 11.8. The summed E-state index contributed by atoms with van der Waals surface area (Å²) in [6.45, 7) is 0.912. The molecule has 0 aromatic heterocycles. The Hall–Kier alpha value is -1.72. The standard InChI is InChI=1S/C16H18BrNO3/c1-20-15-7-6-13(10-16(15)21-9-8-19)18-11-12-4-2-3-5-14(12)17/h2-7,10,18-19H,8-9,11H2,1H3. The number of rotatable bonds is 7. The van der Waals surface area contributed by atoms with Gasteiger partial charge in [0.25, 0.3) is 0 Å². The van der Waals surface area contributed by atoms with Gasteiger partial charge >= 0.3 is 0 Å². The minimum Gasteiger partial charge on any atom is -0.493 e. The van der Waals surface area contributed by atoms with Gasteiger partial charge < -0.3 is 19.9 Å². The van der Waals surface area contributed by atoms with E-state index in [0.717, 1.165) is 10.2 Å². The van der Waals surface area contributed by atoms with Crippen LogP contribution in [0.4, 0.5) is 5.69 Å². The summed E-state index contributed by atoms with van der Waals surface area (Å²) in [4.78, 5) is 0. The van der Waals surface area contributed by atoms with Crippen LogP contribution >= 0.6 is 15.9 Å². The highest BCUT2D eigenvalue weighted by Gasteiger charge is 2.06. The highest BCUT2D eigenvalue weighted by atomic mass is 79.9. The fraction of sp³-hybridized carbons (Fsp3) is 0.250. The van der Waals surface area contributed by atoms with Gasteiger partial charge in [-0.1, -0.05) is 34.1 Å². The molecule has 0 saturated carbocycles. The van der Waals surface area contributed by atoms with Crippen molar-refractivity contribution < 1.29 is 14.6 Å². The van der Waals surface area contributed by atoms with Crippen LogP contribution in [-0.2, 0) is 6.54 Å². The molecule has 0 fully saturated rings. The van der Waals surface area contributed by atoms with Crippen LogP contribution in [0.15, 0.2) is 46.9 Å². The molecule has 0 atom stereocenters. The fourth-order valence-electron chi connectivity index (χ4n) is 1.89. The smallest absolute Gasteiger partial charge is 0.163 e. The minimum atomic E-state index is -0.0300. The molecule has 0 bridgehead atoms. The van der Waals surface area contributed by atoms with Crippen molar-refractivity contribution in [3.8, 4) is 11.5 Å². The van der Waals surface area contributed by atoms with Crippen molar-refractivity contribution in [2.24, 2.45) is 0 Å². The lowest BCUT2D eigenvalue weighted by Gasteiger charge is -2.13. The highest BCUT2D eigenvalue weighted by Crippen LogP contribution is 2.30. The summed E-state index contributed by atoms with van der Waals surface area (Å²) < 4.78 is 11.8. The Bertz CT molecular complexity index is 589. The van der Waals surface area contributed by atoms with Crippen LogP contribution in [0.25, 0.3) is 0 Å². The molecule has 112 valence electrons. The number of benzene rings is 2. The van der Waals surface area contributed by atoms with Crippen LogP contribution in [0, 0.1) is 0 Å². The average Bonchev–Trinajstić information content (AvgIpc) is 2.52. The second kappa shape index (κ2) is 7.90. The van der Waals surface area contributed by atoms with E-state index in [4.69, 9.17) is 14.6 Å². The molecular formula is C16H18BrNO3. The first kappa shape index (κ1) is 15.7. The first-order valence-corrected chi connectivity index (χ1v) is 7.43. The molecule has 0 amide bonds. The number of methoxy groups -OCH3 is 1. The summed E-state index contributed by atoms with van der Waals surface area (Å²) in [5, 5.41) is 12.2. The monoisotopic (exact) mass is 351 g/mol. The number of halogens is 1. The molecule has 5 heteroatoms. The summed E-state index contributed by atoms with van der Waals surface area (Å²) in [5.74, 6) is 1.26. The average molecular weight is 352 g/mol. The Labute approximate surface area is 132 Å². The first-order chi connectivity index (χ1) is 10.2. The normalized spacial score (nSPS) is 10.2. The Balaban J connectivity index is 2.08. The van der Waals surface area contributed by atoms with Gasteiger partial charge in [0.05, 0.1) is 13.7 Å². The molecule has 21 heavy (non-hydrogen) atoms. The molecule has 2 aromatic carbocycles. The second-order valence-electron chi connectivity index (χ2n) is 4.38. The Morgan fingerprint density at radius 1 is 1.14 bits per heavy atom. The predicted molar refractivity (Wildman–Crippen MR) is 87.0 cm³/mol. The molecule has 0 aliphatic carbocycles. The molecule has 0 spiro atoms. The Morgan fingerprint density at radius 2 is 1.95 bits per heavy atom. The molecule has 0 radical (unpaired) electrons. The molecule has 0 aliphatic rings. The van der Waals surface area contributed by atoms with Gasteiger partial charge in [-0.3, -0.25) is 0 Å². The Morgan fingerprint density at radius 3 is 2.67 bits per heavy atom. The number of ether oxygens (including phenoxy) is 2. The number of anilines is 1. The lowest BCUT2D eigenvalue weighted by molar-refractivity contribution is 0.196. The van der Waals surface area contributed by atoms with Crippen molar-refractivity contribution in [2.45, 2.75) is 6.54 Å². The van der Waals surface area contributed by atoms with E-state index < -0.39 is 0 Å².